The van der Waals surface area contributed by atoms with E-state index in [0.717, 1.165) is 11.3 Å². The van der Waals surface area contributed by atoms with Crippen molar-refractivity contribution in [3.8, 4) is 5.75 Å². The van der Waals surface area contributed by atoms with Crippen molar-refractivity contribution in [2.24, 2.45) is 5.92 Å². The molecular weight excluding hydrogens is 262 g/mol. The second-order valence-corrected chi connectivity index (χ2v) is 7.42. The molecule has 4 nitrogen and oxygen atoms in total. The highest BCUT2D eigenvalue weighted by atomic mass is 32.2. The van der Waals surface area contributed by atoms with Gasteiger partial charge in [-0.3, -0.25) is 0 Å². The van der Waals surface area contributed by atoms with Crippen LogP contribution in [0.1, 0.15) is 19.4 Å². The SMILES string of the molecule is CC(C)COc1ccc(CNCCS(C)(=O)=O)cc1. The summed E-state index contributed by atoms with van der Waals surface area (Å²) < 4.78 is 27.5. The molecule has 0 fully saturated rings. The summed E-state index contributed by atoms with van der Waals surface area (Å²) in [7, 11) is -2.88. The Labute approximate surface area is 116 Å². The van der Waals surface area contributed by atoms with Gasteiger partial charge < -0.3 is 10.1 Å². The van der Waals surface area contributed by atoms with Gasteiger partial charge in [-0.2, -0.15) is 0 Å². The van der Waals surface area contributed by atoms with Gasteiger partial charge in [0.05, 0.1) is 12.4 Å². The van der Waals surface area contributed by atoms with Crippen molar-refractivity contribution in [1.29, 1.82) is 0 Å². The average molecular weight is 285 g/mol. The van der Waals surface area contributed by atoms with Gasteiger partial charge in [0.1, 0.15) is 15.6 Å². The Morgan fingerprint density at radius 1 is 1.21 bits per heavy atom. The Balaban J connectivity index is 2.32. The molecule has 1 aromatic carbocycles. The van der Waals surface area contributed by atoms with Gasteiger partial charge in [-0.25, -0.2) is 8.42 Å². The molecule has 0 unspecified atom stereocenters. The average Bonchev–Trinajstić information content (AvgIpc) is 2.32. The Bertz CT molecular complexity index is 466. The normalized spacial score (nSPS) is 11.8. The zero-order chi connectivity index (χ0) is 14.3. The van der Waals surface area contributed by atoms with Crippen LogP contribution >= 0.6 is 0 Å². The topological polar surface area (TPSA) is 55.4 Å². The monoisotopic (exact) mass is 285 g/mol. The number of benzene rings is 1. The molecule has 1 aromatic rings. The number of sulfone groups is 1. The Morgan fingerprint density at radius 3 is 2.37 bits per heavy atom. The molecule has 1 rings (SSSR count). The summed E-state index contributed by atoms with van der Waals surface area (Å²) >= 11 is 0. The van der Waals surface area contributed by atoms with E-state index in [1.807, 2.05) is 24.3 Å². The number of rotatable bonds is 8. The highest BCUT2D eigenvalue weighted by Gasteiger charge is 2.01. The molecule has 0 saturated heterocycles. The van der Waals surface area contributed by atoms with Gasteiger partial charge in [-0.1, -0.05) is 26.0 Å². The van der Waals surface area contributed by atoms with E-state index in [1.54, 1.807) is 0 Å². The summed E-state index contributed by atoms with van der Waals surface area (Å²) in [6.07, 6.45) is 1.25. The molecule has 19 heavy (non-hydrogen) atoms. The van der Waals surface area contributed by atoms with Crippen LogP contribution < -0.4 is 10.1 Å². The van der Waals surface area contributed by atoms with E-state index in [2.05, 4.69) is 19.2 Å². The van der Waals surface area contributed by atoms with Crippen molar-refractivity contribution < 1.29 is 13.2 Å². The lowest BCUT2D eigenvalue weighted by atomic mass is 10.2. The van der Waals surface area contributed by atoms with E-state index in [9.17, 15) is 8.42 Å². The van der Waals surface area contributed by atoms with E-state index < -0.39 is 9.84 Å². The maximum Gasteiger partial charge on any atom is 0.148 e. The molecule has 0 aromatic heterocycles. The van der Waals surface area contributed by atoms with Gasteiger partial charge in [-0.05, 0) is 23.6 Å². The first-order valence-corrected chi connectivity index (χ1v) is 8.53. The largest absolute Gasteiger partial charge is 0.493 e. The second-order valence-electron chi connectivity index (χ2n) is 5.16. The van der Waals surface area contributed by atoms with Crippen molar-refractivity contribution in [2.75, 3.05) is 25.2 Å². The molecule has 0 saturated carbocycles. The molecule has 5 heteroatoms. The quantitative estimate of drug-likeness (QED) is 0.741. The third-order valence-electron chi connectivity index (χ3n) is 2.49. The summed E-state index contributed by atoms with van der Waals surface area (Å²) in [5.41, 5.74) is 1.12. The third-order valence-corrected chi connectivity index (χ3v) is 3.43. The van der Waals surface area contributed by atoms with Crippen molar-refractivity contribution in [2.45, 2.75) is 20.4 Å². The number of nitrogens with one attached hydrogen (secondary N) is 1. The van der Waals surface area contributed by atoms with Crippen LogP contribution in [0.2, 0.25) is 0 Å². The standard InChI is InChI=1S/C14H23NO3S/c1-12(2)11-18-14-6-4-13(5-7-14)10-15-8-9-19(3,16)17/h4-7,12,15H,8-11H2,1-3H3. The maximum absolute atomic E-state index is 11.0. The van der Waals surface area contributed by atoms with Crippen LogP contribution in [0.4, 0.5) is 0 Å². The van der Waals surface area contributed by atoms with Crippen molar-refractivity contribution >= 4 is 9.84 Å². The first-order valence-electron chi connectivity index (χ1n) is 6.47. The van der Waals surface area contributed by atoms with Crippen molar-refractivity contribution in [3.05, 3.63) is 29.8 Å². The van der Waals surface area contributed by atoms with Gasteiger partial charge >= 0.3 is 0 Å². The third kappa shape index (κ3) is 7.85. The maximum atomic E-state index is 11.0. The summed E-state index contributed by atoms with van der Waals surface area (Å²) in [5.74, 6) is 1.55. The molecule has 0 radical (unpaired) electrons. The molecule has 0 atom stereocenters. The van der Waals surface area contributed by atoms with Crippen LogP contribution in [-0.2, 0) is 16.4 Å². The summed E-state index contributed by atoms with van der Waals surface area (Å²) in [6, 6.07) is 7.86. The fraction of sp³-hybridized carbons (Fsp3) is 0.571. The van der Waals surface area contributed by atoms with E-state index in [-0.39, 0.29) is 5.75 Å². The Kier molecular flexibility index (Phi) is 6.31. The molecule has 0 aliphatic rings. The molecular formula is C14H23NO3S. The second kappa shape index (κ2) is 7.50. The lowest BCUT2D eigenvalue weighted by Crippen LogP contribution is -2.21. The smallest absolute Gasteiger partial charge is 0.148 e. The van der Waals surface area contributed by atoms with Crippen LogP contribution in [0.5, 0.6) is 5.75 Å². The van der Waals surface area contributed by atoms with Gasteiger partial charge in [0, 0.05) is 19.3 Å². The number of hydrogen-bond acceptors (Lipinski definition) is 4. The van der Waals surface area contributed by atoms with Crippen LogP contribution in [0.3, 0.4) is 0 Å². The first-order chi connectivity index (χ1) is 8.87. The van der Waals surface area contributed by atoms with Gasteiger partial charge in [0.2, 0.25) is 0 Å². The summed E-state index contributed by atoms with van der Waals surface area (Å²) in [5, 5.41) is 3.11. The molecule has 0 amide bonds. The molecule has 1 N–H and O–H groups in total. The zero-order valence-corrected chi connectivity index (χ0v) is 12.7. The van der Waals surface area contributed by atoms with Gasteiger partial charge in [0.15, 0.2) is 0 Å². The predicted octanol–water partition coefficient (Wildman–Crippen LogP) is 1.86. The lowest BCUT2D eigenvalue weighted by Gasteiger charge is -2.09. The zero-order valence-electron chi connectivity index (χ0n) is 11.8. The Morgan fingerprint density at radius 2 is 1.84 bits per heavy atom. The highest BCUT2D eigenvalue weighted by Crippen LogP contribution is 2.13. The molecule has 0 aliphatic heterocycles. The van der Waals surface area contributed by atoms with Crippen LogP contribution in [0.25, 0.3) is 0 Å². The van der Waals surface area contributed by atoms with E-state index in [1.165, 1.54) is 6.26 Å². The fourth-order valence-corrected chi connectivity index (χ4v) is 1.97. The van der Waals surface area contributed by atoms with Crippen LogP contribution in [0.15, 0.2) is 24.3 Å². The van der Waals surface area contributed by atoms with E-state index in [0.29, 0.717) is 25.6 Å². The van der Waals surface area contributed by atoms with Gasteiger partial charge in [-0.15, -0.1) is 0 Å². The predicted molar refractivity (Wildman–Crippen MR) is 78.2 cm³/mol. The lowest BCUT2D eigenvalue weighted by molar-refractivity contribution is 0.271. The first kappa shape index (κ1) is 16.0. The minimum Gasteiger partial charge on any atom is -0.493 e. The number of hydrogen-bond donors (Lipinski definition) is 1. The molecule has 0 spiro atoms. The molecule has 108 valence electrons. The molecule has 0 heterocycles. The van der Waals surface area contributed by atoms with Crippen molar-refractivity contribution in [1.82, 2.24) is 5.32 Å². The van der Waals surface area contributed by atoms with Gasteiger partial charge in [0.25, 0.3) is 0 Å². The summed E-state index contributed by atoms with van der Waals surface area (Å²) in [4.78, 5) is 0. The van der Waals surface area contributed by atoms with Crippen LogP contribution in [-0.4, -0.2) is 33.6 Å². The molecule has 0 bridgehead atoms. The minimum atomic E-state index is -2.88. The fourth-order valence-electron chi connectivity index (χ4n) is 1.46. The molecule has 0 aliphatic carbocycles. The highest BCUT2D eigenvalue weighted by molar-refractivity contribution is 7.90. The Hall–Kier alpha value is -1.07. The van der Waals surface area contributed by atoms with Crippen molar-refractivity contribution in [3.63, 3.8) is 0 Å². The van der Waals surface area contributed by atoms with Crippen LogP contribution in [0, 0.1) is 5.92 Å². The number of ether oxygens (including phenoxy) is 1. The van der Waals surface area contributed by atoms with E-state index >= 15 is 0 Å². The minimum absolute atomic E-state index is 0.169. The summed E-state index contributed by atoms with van der Waals surface area (Å²) in [6.45, 7) is 6.08. The van der Waals surface area contributed by atoms with E-state index in [4.69, 9.17) is 4.74 Å².